The number of halogens is 1. The van der Waals surface area contributed by atoms with E-state index in [9.17, 15) is 9.59 Å². The summed E-state index contributed by atoms with van der Waals surface area (Å²) in [7, 11) is 0. The van der Waals surface area contributed by atoms with Crippen molar-refractivity contribution in [3.63, 3.8) is 0 Å². The maximum absolute atomic E-state index is 12.4. The average molecular weight is 332 g/mol. The topological polar surface area (TPSA) is 61.4 Å². The molecule has 0 radical (unpaired) electrons. The minimum absolute atomic E-state index is 0. The average Bonchev–Trinajstić information content (AvgIpc) is 2.55. The van der Waals surface area contributed by atoms with E-state index >= 15 is 0 Å². The Balaban J connectivity index is 0.00000242. The van der Waals surface area contributed by atoms with Gasteiger partial charge < -0.3 is 15.5 Å². The third kappa shape index (κ3) is 5.43. The monoisotopic (exact) mass is 331 g/mol. The first-order chi connectivity index (χ1) is 10.2. The van der Waals surface area contributed by atoms with E-state index in [1.54, 1.807) is 0 Å². The van der Waals surface area contributed by atoms with E-state index in [2.05, 4.69) is 17.6 Å². The number of amides is 2. The van der Waals surface area contributed by atoms with Crippen molar-refractivity contribution in [3.05, 3.63) is 0 Å². The van der Waals surface area contributed by atoms with Crippen molar-refractivity contribution in [2.24, 2.45) is 5.92 Å². The van der Waals surface area contributed by atoms with Crippen LogP contribution in [0.15, 0.2) is 0 Å². The normalized spacial score (nSPS) is 22.8. The summed E-state index contributed by atoms with van der Waals surface area (Å²) in [5, 5.41) is 6.32. The summed E-state index contributed by atoms with van der Waals surface area (Å²) in [6.07, 6.45) is 7.00. The van der Waals surface area contributed by atoms with Crippen LogP contribution in [0.5, 0.6) is 0 Å². The molecule has 2 amide bonds. The van der Waals surface area contributed by atoms with E-state index in [1.165, 1.54) is 6.42 Å². The highest BCUT2D eigenvalue weighted by Gasteiger charge is 2.31. The number of unbranched alkanes of at least 4 members (excludes halogenated alkanes) is 1. The number of likely N-dealkylation sites (tertiary alicyclic amines) is 1. The van der Waals surface area contributed by atoms with Crippen LogP contribution in [-0.4, -0.2) is 48.9 Å². The Bertz CT molecular complexity index is 351. The highest BCUT2D eigenvalue weighted by atomic mass is 35.5. The number of nitrogens with one attached hydrogen (secondary N) is 2. The fourth-order valence-corrected chi connectivity index (χ4v) is 3.18. The Morgan fingerprint density at radius 2 is 1.91 bits per heavy atom. The van der Waals surface area contributed by atoms with Crippen molar-refractivity contribution < 1.29 is 9.59 Å². The van der Waals surface area contributed by atoms with Crippen molar-refractivity contribution in [1.29, 1.82) is 0 Å². The summed E-state index contributed by atoms with van der Waals surface area (Å²) < 4.78 is 0. The number of nitrogens with zero attached hydrogens (tertiary/aromatic N) is 1. The van der Waals surface area contributed by atoms with Gasteiger partial charge in [-0.25, -0.2) is 0 Å². The summed E-state index contributed by atoms with van der Waals surface area (Å²) in [6.45, 7) is 5.30. The van der Waals surface area contributed by atoms with Crippen LogP contribution < -0.4 is 10.6 Å². The first kappa shape index (κ1) is 19.2. The SMILES string of the molecule is CCCCNC(=O)C1CCN(C(=O)C2CCCCN2)CC1.Cl. The summed E-state index contributed by atoms with van der Waals surface area (Å²) in [5.74, 6) is 0.496. The van der Waals surface area contributed by atoms with Crippen LogP contribution in [0.25, 0.3) is 0 Å². The Hall–Kier alpha value is -0.810. The molecule has 5 nitrogen and oxygen atoms in total. The van der Waals surface area contributed by atoms with Crippen molar-refractivity contribution in [1.82, 2.24) is 15.5 Å². The highest BCUT2D eigenvalue weighted by Crippen LogP contribution is 2.19. The van der Waals surface area contributed by atoms with E-state index in [0.29, 0.717) is 0 Å². The molecule has 2 aliphatic heterocycles. The molecule has 0 saturated carbocycles. The van der Waals surface area contributed by atoms with Crippen molar-refractivity contribution in [3.8, 4) is 0 Å². The zero-order valence-corrected chi connectivity index (χ0v) is 14.4. The van der Waals surface area contributed by atoms with Gasteiger partial charge in [0.25, 0.3) is 0 Å². The van der Waals surface area contributed by atoms with E-state index in [4.69, 9.17) is 0 Å². The molecule has 0 spiro atoms. The Labute approximate surface area is 140 Å². The van der Waals surface area contributed by atoms with Gasteiger partial charge in [0.05, 0.1) is 6.04 Å². The van der Waals surface area contributed by atoms with Crippen LogP contribution in [0.1, 0.15) is 51.9 Å². The van der Waals surface area contributed by atoms with E-state index in [-0.39, 0.29) is 36.2 Å². The fraction of sp³-hybridized carbons (Fsp3) is 0.875. The molecule has 2 heterocycles. The van der Waals surface area contributed by atoms with Crippen LogP contribution >= 0.6 is 12.4 Å². The Morgan fingerprint density at radius 1 is 1.18 bits per heavy atom. The van der Waals surface area contributed by atoms with Crippen LogP contribution in [0, 0.1) is 5.92 Å². The predicted molar refractivity (Wildman–Crippen MR) is 90.1 cm³/mol. The second-order valence-electron chi connectivity index (χ2n) is 6.25. The molecule has 128 valence electrons. The fourth-order valence-electron chi connectivity index (χ4n) is 3.18. The van der Waals surface area contributed by atoms with Crippen LogP contribution in [0.4, 0.5) is 0 Å². The molecule has 2 fully saturated rings. The van der Waals surface area contributed by atoms with Gasteiger partial charge in [0, 0.05) is 25.6 Å². The molecule has 2 saturated heterocycles. The van der Waals surface area contributed by atoms with Crippen molar-refractivity contribution in [2.45, 2.75) is 57.9 Å². The van der Waals surface area contributed by atoms with Gasteiger partial charge >= 0.3 is 0 Å². The molecule has 0 aliphatic carbocycles. The first-order valence-corrected chi connectivity index (χ1v) is 8.52. The summed E-state index contributed by atoms with van der Waals surface area (Å²) >= 11 is 0. The predicted octanol–water partition coefficient (Wildman–Crippen LogP) is 1.71. The lowest BCUT2D eigenvalue weighted by Gasteiger charge is -2.35. The van der Waals surface area contributed by atoms with Crippen molar-refractivity contribution in [2.75, 3.05) is 26.2 Å². The third-order valence-corrected chi connectivity index (χ3v) is 4.62. The zero-order valence-electron chi connectivity index (χ0n) is 13.6. The highest BCUT2D eigenvalue weighted by molar-refractivity contribution is 5.85. The smallest absolute Gasteiger partial charge is 0.239 e. The number of carbonyl (C=O) groups is 2. The molecule has 0 aromatic heterocycles. The van der Waals surface area contributed by atoms with Gasteiger partial charge in [-0.15, -0.1) is 12.4 Å². The molecule has 0 bridgehead atoms. The second kappa shape index (κ2) is 10.1. The first-order valence-electron chi connectivity index (χ1n) is 8.52. The molecule has 2 aliphatic rings. The number of hydrogen-bond acceptors (Lipinski definition) is 3. The van der Waals surface area contributed by atoms with Gasteiger partial charge in [-0.1, -0.05) is 19.8 Å². The molecule has 2 rings (SSSR count). The molecule has 1 unspecified atom stereocenters. The van der Waals surface area contributed by atoms with Crippen LogP contribution in [0.3, 0.4) is 0 Å². The summed E-state index contributed by atoms with van der Waals surface area (Å²) in [6, 6.07) is 0.00804. The minimum atomic E-state index is 0. The van der Waals surface area contributed by atoms with Gasteiger partial charge in [0.1, 0.15) is 0 Å². The van der Waals surface area contributed by atoms with Gasteiger partial charge in [-0.05, 0) is 38.6 Å². The second-order valence-corrected chi connectivity index (χ2v) is 6.25. The summed E-state index contributed by atoms with van der Waals surface area (Å²) in [4.78, 5) is 26.4. The molecule has 6 heteroatoms. The standard InChI is InChI=1S/C16H29N3O2.ClH/c1-2-3-9-18-15(20)13-7-11-19(12-8-13)16(21)14-6-4-5-10-17-14;/h13-14,17H,2-12H2,1H3,(H,18,20);1H. The van der Waals surface area contributed by atoms with E-state index in [0.717, 1.165) is 64.7 Å². The molecule has 1 atom stereocenters. The van der Waals surface area contributed by atoms with Gasteiger partial charge in [-0.3, -0.25) is 9.59 Å². The lowest BCUT2D eigenvalue weighted by atomic mass is 9.94. The molecular formula is C16H30ClN3O2. The largest absolute Gasteiger partial charge is 0.356 e. The maximum atomic E-state index is 12.4. The van der Waals surface area contributed by atoms with E-state index in [1.807, 2.05) is 4.90 Å². The molecule has 2 N–H and O–H groups in total. The zero-order chi connectivity index (χ0) is 15.1. The lowest BCUT2D eigenvalue weighted by molar-refractivity contribution is -0.137. The maximum Gasteiger partial charge on any atom is 0.239 e. The van der Waals surface area contributed by atoms with E-state index < -0.39 is 0 Å². The minimum Gasteiger partial charge on any atom is -0.356 e. The van der Waals surface area contributed by atoms with Gasteiger partial charge in [0.15, 0.2) is 0 Å². The number of carbonyl (C=O) groups excluding carboxylic acids is 2. The van der Waals surface area contributed by atoms with Crippen LogP contribution in [-0.2, 0) is 9.59 Å². The number of hydrogen-bond donors (Lipinski definition) is 2. The molecule has 0 aromatic carbocycles. The third-order valence-electron chi connectivity index (χ3n) is 4.62. The van der Waals surface area contributed by atoms with Gasteiger partial charge in [0.2, 0.25) is 11.8 Å². The molecule has 22 heavy (non-hydrogen) atoms. The lowest BCUT2D eigenvalue weighted by Crippen LogP contribution is -2.51. The molecule has 0 aromatic rings. The van der Waals surface area contributed by atoms with Gasteiger partial charge in [-0.2, -0.15) is 0 Å². The Kier molecular flexibility index (Phi) is 8.79. The number of piperidine rings is 2. The Morgan fingerprint density at radius 3 is 2.50 bits per heavy atom. The molecular weight excluding hydrogens is 302 g/mol. The van der Waals surface area contributed by atoms with Crippen molar-refractivity contribution >= 4 is 24.2 Å². The van der Waals surface area contributed by atoms with Crippen LogP contribution in [0.2, 0.25) is 0 Å². The number of rotatable bonds is 5. The quantitative estimate of drug-likeness (QED) is 0.754. The summed E-state index contributed by atoms with van der Waals surface area (Å²) in [5.41, 5.74) is 0.